The highest BCUT2D eigenvalue weighted by Gasteiger charge is 2.22. The number of rotatable bonds is 6. The van der Waals surface area contributed by atoms with Crippen molar-refractivity contribution in [1.29, 1.82) is 5.26 Å². The Morgan fingerprint density at radius 2 is 1.94 bits per heavy atom. The third-order valence-corrected chi connectivity index (χ3v) is 6.19. The van der Waals surface area contributed by atoms with Crippen molar-refractivity contribution in [1.82, 2.24) is 9.78 Å². The molecular weight excluding hydrogens is 433 g/mol. The number of piperidine rings is 1. The van der Waals surface area contributed by atoms with E-state index < -0.39 is 0 Å². The maximum absolute atomic E-state index is 13.2. The van der Waals surface area contributed by atoms with E-state index in [1.807, 2.05) is 6.07 Å². The Morgan fingerprint density at radius 3 is 2.59 bits per heavy atom. The summed E-state index contributed by atoms with van der Waals surface area (Å²) in [7, 11) is 0. The van der Waals surface area contributed by atoms with Crippen LogP contribution in [0.25, 0.3) is 5.69 Å². The van der Waals surface area contributed by atoms with Crippen LogP contribution in [0.3, 0.4) is 0 Å². The monoisotopic (exact) mass is 463 g/mol. The number of aromatic nitrogens is 2. The van der Waals surface area contributed by atoms with Crippen LogP contribution >= 0.6 is 0 Å². The van der Waals surface area contributed by atoms with E-state index in [2.05, 4.69) is 21.4 Å². The number of carbonyl (C=O) groups excluding carboxylic acids is 1. The van der Waals surface area contributed by atoms with Gasteiger partial charge >= 0.3 is 0 Å². The molecule has 1 aliphatic rings. The summed E-state index contributed by atoms with van der Waals surface area (Å²) in [6.45, 7) is 3.67. The zero-order valence-corrected chi connectivity index (χ0v) is 18.5. The van der Waals surface area contributed by atoms with Gasteiger partial charge < -0.3 is 15.3 Å². The first kappa shape index (κ1) is 24.9. The molecule has 2 aromatic carbocycles. The number of aliphatic hydroxyl groups excluding tert-OH is 1. The molecule has 1 aromatic heterocycles. The number of hydrogen-bond donors (Lipinski definition) is 2. The lowest BCUT2D eigenvalue weighted by atomic mass is 9.93. The van der Waals surface area contributed by atoms with Crippen LogP contribution < -0.4 is 10.2 Å². The molecule has 0 bridgehead atoms. The lowest BCUT2D eigenvalue weighted by molar-refractivity contribution is 0.102. The van der Waals surface area contributed by atoms with E-state index in [1.165, 1.54) is 18.3 Å². The van der Waals surface area contributed by atoms with Crippen molar-refractivity contribution in [2.45, 2.75) is 33.6 Å². The van der Waals surface area contributed by atoms with Crippen molar-refractivity contribution >= 4 is 17.3 Å². The number of carbonyl (C=O) groups is 1. The van der Waals surface area contributed by atoms with Gasteiger partial charge in [0.25, 0.3) is 5.91 Å². The highest BCUT2D eigenvalue weighted by molar-refractivity contribution is 6.05. The predicted molar refractivity (Wildman–Crippen MR) is 131 cm³/mol. The fourth-order valence-corrected chi connectivity index (χ4v) is 4.30. The van der Waals surface area contributed by atoms with E-state index in [0.29, 0.717) is 34.1 Å². The van der Waals surface area contributed by atoms with E-state index in [0.717, 1.165) is 38.0 Å². The summed E-state index contributed by atoms with van der Waals surface area (Å²) in [5.74, 6) is -0.149. The van der Waals surface area contributed by atoms with Crippen molar-refractivity contribution in [3.63, 3.8) is 0 Å². The molecule has 2 N–H and O–H groups in total. The second kappa shape index (κ2) is 10.9. The van der Waals surface area contributed by atoms with E-state index in [4.69, 9.17) is 5.11 Å². The highest BCUT2D eigenvalue weighted by Crippen LogP contribution is 2.29. The van der Waals surface area contributed by atoms with Gasteiger partial charge in [-0.3, -0.25) is 4.79 Å². The summed E-state index contributed by atoms with van der Waals surface area (Å²) in [6, 6.07) is 13.5. The van der Waals surface area contributed by atoms with Crippen LogP contribution in [0.15, 0.2) is 48.7 Å². The van der Waals surface area contributed by atoms with Gasteiger partial charge in [-0.15, -0.1) is 0 Å². The van der Waals surface area contributed by atoms with Gasteiger partial charge in [0.2, 0.25) is 0 Å². The number of halogens is 1. The fourth-order valence-electron chi connectivity index (χ4n) is 4.30. The Labute approximate surface area is 199 Å². The summed E-state index contributed by atoms with van der Waals surface area (Å²) in [6.07, 6.45) is 4.27. The number of anilines is 2. The first-order chi connectivity index (χ1) is 16.0. The molecule has 7 nitrogen and oxygen atoms in total. The maximum Gasteiger partial charge on any atom is 0.259 e. The molecule has 178 valence electrons. The van der Waals surface area contributed by atoms with Gasteiger partial charge in [0, 0.05) is 25.4 Å². The average molecular weight is 464 g/mol. The zero-order chi connectivity index (χ0) is 23.4. The number of benzene rings is 2. The lowest BCUT2D eigenvalue weighted by Crippen LogP contribution is -2.34. The molecule has 4 rings (SSSR count). The first-order valence-corrected chi connectivity index (χ1v) is 11.0. The van der Waals surface area contributed by atoms with E-state index in [9.17, 15) is 14.4 Å². The topological polar surface area (TPSA) is 94.2 Å². The molecule has 0 saturated carbocycles. The predicted octanol–water partition coefficient (Wildman–Crippen LogP) is 4.68. The Hall–Kier alpha value is -3.70. The molecule has 2 heterocycles. The van der Waals surface area contributed by atoms with Crippen LogP contribution in [0.4, 0.5) is 15.8 Å². The van der Waals surface area contributed by atoms with Gasteiger partial charge in [-0.25, -0.2) is 9.07 Å². The first-order valence-electron chi connectivity index (χ1n) is 11.0. The molecule has 0 unspecified atom stereocenters. The molecular formula is C26H30FN5O2. The smallest absolute Gasteiger partial charge is 0.259 e. The molecule has 34 heavy (non-hydrogen) atoms. The van der Waals surface area contributed by atoms with Crippen molar-refractivity contribution in [2.75, 3.05) is 29.9 Å². The number of nitrogens with zero attached hydrogens (tertiary/aromatic N) is 4. The molecule has 1 aliphatic heterocycles. The Kier molecular flexibility index (Phi) is 8.03. The van der Waals surface area contributed by atoms with Gasteiger partial charge in [0.1, 0.15) is 11.9 Å². The quantitative estimate of drug-likeness (QED) is 0.554. The summed E-state index contributed by atoms with van der Waals surface area (Å²) < 4.78 is 14.8. The van der Waals surface area contributed by atoms with Gasteiger partial charge in [-0.05, 0) is 74.6 Å². The highest BCUT2D eigenvalue weighted by atomic mass is 19.1. The fraction of sp³-hybridized carbons (Fsp3) is 0.346. The Balaban J connectivity index is 0.00000324. The van der Waals surface area contributed by atoms with E-state index in [-0.39, 0.29) is 25.8 Å². The van der Waals surface area contributed by atoms with Gasteiger partial charge in [-0.2, -0.15) is 10.4 Å². The second-order valence-electron chi connectivity index (χ2n) is 8.27. The maximum atomic E-state index is 13.2. The SMILES string of the molecule is C.Cc1c(C(=O)Nc2ccc(N3CCC(CCO)CC3)c(C#N)c2)cnn1-c1ccc(F)cc1. The van der Waals surface area contributed by atoms with Crippen LogP contribution in [0.5, 0.6) is 0 Å². The molecule has 1 amide bonds. The minimum Gasteiger partial charge on any atom is -0.396 e. The third kappa shape index (κ3) is 5.26. The van der Waals surface area contributed by atoms with Gasteiger partial charge in [0.05, 0.1) is 34.4 Å². The van der Waals surface area contributed by atoms with Crippen LogP contribution in [0, 0.1) is 30.0 Å². The van der Waals surface area contributed by atoms with E-state index in [1.54, 1.807) is 35.9 Å². The molecule has 3 aromatic rings. The number of hydrogen-bond acceptors (Lipinski definition) is 5. The minimum atomic E-state index is -0.340. The molecule has 1 saturated heterocycles. The van der Waals surface area contributed by atoms with Crippen molar-refractivity contribution in [2.24, 2.45) is 5.92 Å². The van der Waals surface area contributed by atoms with Crippen molar-refractivity contribution in [3.8, 4) is 11.8 Å². The number of nitriles is 1. The summed E-state index contributed by atoms with van der Waals surface area (Å²) >= 11 is 0. The Morgan fingerprint density at radius 1 is 1.24 bits per heavy atom. The molecule has 0 atom stereocenters. The third-order valence-electron chi connectivity index (χ3n) is 6.19. The van der Waals surface area contributed by atoms with Crippen LogP contribution in [-0.4, -0.2) is 40.5 Å². The number of aliphatic hydroxyl groups is 1. The lowest BCUT2D eigenvalue weighted by Gasteiger charge is -2.34. The standard InChI is InChI=1S/C25H26FN5O2.CH4/c1-17-23(16-28-31(17)22-5-2-20(26)3-6-22)25(33)29-21-4-7-24(19(14-21)15-27)30-11-8-18(9-12-30)10-13-32;/h2-7,14,16,18,32H,8-13H2,1H3,(H,29,33);1H4. The Bertz CT molecular complexity index is 1170. The second-order valence-corrected chi connectivity index (χ2v) is 8.27. The number of nitrogens with one attached hydrogen (secondary N) is 1. The molecule has 0 radical (unpaired) electrons. The van der Waals surface area contributed by atoms with Crippen molar-refractivity contribution in [3.05, 3.63) is 71.3 Å². The van der Waals surface area contributed by atoms with Gasteiger partial charge in [0.15, 0.2) is 0 Å². The minimum absolute atomic E-state index is 0. The summed E-state index contributed by atoms with van der Waals surface area (Å²) in [4.78, 5) is 15.1. The molecule has 0 spiro atoms. The largest absolute Gasteiger partial charge is 0.396 e. The van der Waals surface area contributed by atoms with Crippen LogP contribution in [0.1, 0.15) is 48.3 Å². The average Bonchev–Trinajstić information content (AvgIpc) is 3.21. The van der Waals surface area contributed by atoms with E-state index >= 15 is 0 Å². The van der Waals surface area contributed by atoms with Crippen LogP contribution in [0.2, 0.25) is 0 Å². The molecule has 0 aliphatic carbocycles. The van der Waals surface area contributed by atoms with Crippen molar-refractivity contribution < 1.29 is 14.3 Å². The molecule has 1 fully saturated rings. The summed E-state index contributed by atoms with van der Waals surface area (Å²) in [5.41, 5.74) is 3.58. The molecule has 8 heteroatoms. The number of amides is 1. The van der Waals surface area contributed by atoms with Crippen LogP contribution in [-0.2, 0) is 0 Å². The normalized spacial score (nSPS) is 13.8. The zero-order valence-electron chi connectivity index (χ0n) is 18.5. The summed E-state index contributed by atoms with van der Waals surface area (Å²) in [5, 5.41) is 26.0. The van der Waals surface area contributed by atoms with Gasteiger partial charge in [-0.1, -0.05) is 7.43 Å².